The van der Waals surface area contributed by atoms with E-state index < -0.39 is 0 Å². The van der Waals surface area contributed by atoms with E-state index in [0.29, 0.717) is 13.2 Å². The van der Waals surface area contributed by atoms with Gasteiger partial charge < -0.3 is 10.1 Å². The number of ether oxygens (including phenoxy) is 1. The van der Waals surface area contributed by atoms with Gasteiger partial charge in [0.15, 0.2) is 0 Å². The van der Waals surface area contributed by atoms with Crippen LogP contribution in [0.2, 0.25) is 0 Å². The molecule has 24 heavy (non-hydrogen) atoms. The quantitative estimate of drug-likeness (QED) is 0.602. The summed E-state index contributed by atoms with van der Waals surface area (Å²) in [4.78, 5) is 13.3. The van der Waals surface area contributed by atoms with E-state index in [2.05, 4.69) is 37.4 Å². The average molecular weight is 343 g/mol. The molecule has 0 aromatic heterocycles. The van der Waals surface area contributed by atoms with Crippen molar-refractivity contribution in [3.05, 3.63) is 59.2 Å². The number of amides is 1. The lowest BCUT2D eigenvalue weighted by molar-refractivity contribution is -0.120. The number of rotatable bonds is 7. The first-order valence-corrected chi connectivity index (χ1v) is 9.05. The van der Waals surface area contributed by atoms with Gasteiger partial charge >= 0.3 is 0 Å². The van der Waals surface area contributed by atoms with E-state index in [9.17, 15) is 4.79 Å². The van der Waals surface area contributed by atoms with E-state index in [4.69, 9.17) is 4.74 Å². The minimum absolute atomic E-state index is 0.0325. The van der Waals surface area contributed by atoms with Gasteiger partial charge in [-0.1, -0.05) is 29.8 Å². The van der Waals surface area contributed by atoms with Gasteiger partial charge in [-0.3, -0.25) is 4.79 Å². The lowest BCUT2D eigenvalue weighted by Crippen LogP contribution is -2.34. The molecule has 3 nitrogen and oxygen atoms in total. The van der Waals surface area contributed by atoms with E-state index in [1.807, 2.05) is 38.1 Å². The highest BCUT2D eigenvalue weighted by Gasteiger charge is 2.13. The molecule has 1 atom stereocenters. The van der Waals surface area contributed by atoms with Crippen molar-refractivity contribution >= 4 is 17.7 Å². The summed E-state index contributed by atoms with van der Waals surface area (Å²) >= 11 is 1.57. The van der Waals surface area contributed by atoms with Crippen molar-refractivity contribution in [3.8, 4) is 5.75 Å². The summed E-state index contributed by atoms with van der Waals surface area (Å²) in [5.41, 5.74) is 3.58. The fourth-order valence-electron chi connectivity index (χ4n) is 2.23. The molecule has 0 aliphatic heterocycles. The number of thioether (sulfide) groups is 1. The second-order valence-corrected chi connectivity index (χ2v) is 7.32. The van der Waals surface area contributed by atoms with Crippen LogP contribution in [0.3, 0.4) is 0 Å². The predicted molar refractivity (Wildman–Crippen MR) is 101 cm³/mol. The molecule has 2 aromatic rings. The van der Waals surface area contributed by atoms with E-state index in [1.165, 1.54) is 11.1 Å². The Balaban J connectivity index is 1.74. The molecule has 0 aliphatic carbocycles. The summed E-state index contributed by atoms with van der Waals surface area (Å²) in [7, 11) is 0. The largest absolute Gasteiger partial charge is 0.491 e. The highest BCUT2D eigenvalue weighted by molar-refractivity contribution is 8.00. The van der Waals surface area contributed by atoms with Crippen molar-refractivity contribution in [1.82, 2.24) is 5.32 Å². The van der Waals surface area contributed by atoms with Crippen molar-refractivity contribution in [3.63, 3.8) is 0 Å². The van der Waals surface area contributed by atoms with Crippen molar-refractivity contribution in [1.29, 1.82) is 0 Å². The Hall–Kier alpha value is -1.94. The van der Waals surface area contributed by atoms with Crippen LogP contribution in [0, 0.1) is 20.8 Å². The van der Waals surface area contributed by atoms with Crippen LogP contribution in [0.4, 0.5) is 0 Å². The average Bonchev–Trinajstić information content (AvgIpc) is 2.57. The zero-order valence-corrected chi connectivity index (χ0v) is 15.6. The molecule has 2 rings (SSSR count). The molecule has 4 heteroatoms. The zero-order valence-electron chi connectivity index (χ0n) is 14.8. The molecule has 128 valence electrons. The lowest BCUT2D eigenvalue weighted by Gasteiger charge is -2.14. The molecular weight excluding hydrogens is 318 g/mol. The van der Waals surface area contributed by atoms with Crippen LogP contribution >= 0.6 is 11.8 Å². The van der Waals surface area contributed by atoms with E-state index in [0.717, 1.165) is 16.2 Å². The monoisotopic (exact) mass is 343 g/mol. The van der Waals surface area contributed by atoms with Crippen LogP contribution in [0.5, 0.6) is 5.75 Å². The third-order valence-electron chi connectivity index (χ3n) is 3.92. The van der Waals surface area contributed by atoms with Gasteiger partial charge in [-0.2, -0.15) is 0 Å². The number of hydrogen-bond donors (Lipinski definition) is 1. The molecule has 0 unspecified atom stereocenters. The number of carbonyl (C=O) groups is 1. The van der Waals surface area contributed by atoms with E-state index >= 15 is 0 Å². The second-order valence-electron chi connectivity index (χ2n) is 5.91. The summed E-state index contributed by atoms with van der Waals surface area (Å²) in [6.45, 7) is 9.06. The van der Waals surface area contributed by atoms with Crippen molar-refractivity contribution in [2.75, 3.05) is 13.2 Å². The van der Waals surface area contributed by atoms with Gasteiger partial charge in [-0.25, -0.2) is 0 Å². The third kappa shape index (κ3) is 5.31. The molecule has 1 N–H and O–H groups in total. The fraction of sp³-hybridized carbons (Fsp3) is 0.350. The molecule has 0 fully saturated rings. The number of carbonyl (C=O) groups excluding carboxylic acids is 1. The standard InChI is InChI=1S/C20H25NO2S/c1-14-8-10-18(11-9-14)24-17(4)20(22)21-12-13-23-19-7-5-6-15(2)16(19)3/h5-11,17H,12-13H2,1-4H3,(H,21,22)/t17-/m0/s1. The molecule has 0 bridgehead atoms. The Kier molecular flexibility index (Phi) is 6.73. The van der Waals surface area contributed by atoms with Crippen LogP contribution in [-0.4, -0.2) is 24.3 Å². The SMILES string of the molecule is Cc1ccc(S[C@@H](C)C(=O)NCCOc2cccc(C)c2C)cc1. The van der Waals surface area contributed by atoms with Crippen LogP contribution in [0.25, 0.3) is 0 Å². The normalized spacial score (nSPS) is 11.8. The number of aryl methyl sites for hydroxylation is 2. The maximum absolute atomic E-state index is 12.2. The number of benzene rings is 2. The van der Waals surface area contributed by atoms with Gasteiger partial charge in [0.05, 0.1) is 11.8 Å². The fourth-order valence-corrected chi connectivity index (χ4v) is 3.13. The van der Waals surface area contributed by atoms with Crippen LogP contribution in [0.15, 0.2) is 47.4 Å². The van der Waals surface area contributed by atoms with Crippen LogP contribution < -0.4 is 10.1 Å². The Bertz CT molecular complexity index is 683. The smallest absolute Gasteiger partial charge is 0.233 e. The number of nitrogens with one attached hydrogen (secondary N) is 1. The summed E-state index contributed by atoms with van der Waals surface area (Å²) in [5.74, 6) is 0.913. The maximum atomic E-state index is 12.2. The van der Waals surface area contributed by atoms with Gasteiger partial charge in [-0.05, 0) is 57.0 Å². The highest BCUT2D eigenvalue weighted by atomic mass is 32.2. The topological polar surface area (TPSA) is 38.3 Å². The van der Waals surface area contributed by atoms with Gasteiger partial charge in [-0.15, -0.1) is 11.8 Å². The van der Waals surface area contributed by atoms with Gasteiger partial charge in [0.2, 0.25) is 5.91 Å². The lowest BCUT2D eigenvalue weighted by atomic mass is 10.1. The van der Waals surface area contributed by atoms with E-state index in [1.54, 1.807) is 11.8 Å². The van der Waals surface area contributed by atoms with Crippen molar-refractivity contribution < 1.29 is 9.53 Å². The molecule has 2 aromatic carbocycles. The molecule has 0 spiro atoms. The predicted octanol–water partition coefficient (Wildman–Crippen LogP) is 4.29. The minimum atomic E-state index is -0.131. The Morgan fingerprint density at radius 3 is 2.54 bits per heavy atom. The maximum Gasteiger partial charge on any atom is 0.233 e. The highest BCUT2D eigenvalue weighted by Crippen LogP contribution is 2.23. The summed E-state index contributed by atoms with van der Waals surface area (Å²) in [5, 5.41) is 2.80. The van der Waals surface area contributed by atoms with Gasteiger partial charge in [0.25, 0.3) is 0 Å². The molecule has 0 radical (unpaired) electrons. The molecule has 0 saturated carbocycles. The Morgan fingerprint density at radius 2 is 1.83 bits per heavy atom. The van der Waals surface area contributed by atoms with Crippen molar-refractivity contribution in [2.45, 2.75) is 37.8 Å². The van der Waals surface area contributed by atoms with E-state index in [-0.39, 0.29) is 11.2 Å². The number of hydrogen-bond acceptors (Lipinski definition) is 3. The van der Waals surface area contributed by atoms with Gasteiger partial charge in [0.1, 0.15) is 12.4 Å². The second kappa shape index (κ2) is 8.78. The minimum Gasteiger partial charge on any atom is -0.491 e. The molecular formula is C20H25NO2S. The van der Waals surface area contributed by atoms with Crippen molar-refractivity contribution in [2.24, 2.45) is 0 Å². The first kappa shape index (κ1) is 18.4. The molecule has 1 amide bonds. The summed E-state index contributed by atoms with van der Waals surface area (Å²) in [6.07, 6.45) is 0. The summed E-state index contributed by atoms with van der Waals surface area (Å²) < 4.78 is 5.76. The van der Waals surface area contributed by atoms with Crippen LogP contribution in [0.1, 0.15) is 23.6 Å². The Labute approximate surface area is 148 Å². The van der Waals surface area contributed by atoms with Gasteiger partial charge in [0, 0.05) is 4.90 Å². The zero-order chi connectivity index (χ0) is 17.5. The molecule has 0 aliphatic rings. The third-order valence-corrected chi connectivity index (χ3v) is 5.03. The molecule has 0 saturated heterocycles. The first-order chi connectivity index (χ1) is 11.5. The first-order valence-electron chi connectivity index (χ1n) is 8.17. The van der Waals surface area contributed by atoms with Crippen LogP contribution in [-0.2, 0) is 4.79 Å². The summed E-state index contributed by atoms with van der Waals surface area (Å²) in [6, 6.07) is 14.2. The molecule has 0 heterocycles. The Morgan fingerprint density at radius 1 is 1.12 bits per heavy atom.